The average molecular weight is 360 g/mol. The monoisotopic (exact) mass is 360 g/mol. The van der Waals surface area contributed by atoms with Crippen molar-refractivity contribution in [1.29, 1.82) is 0 Å². The third-order valence-corrected chi connectivity index (χ3v) is 5.39. The number of rotatable bonds is 5. The molecule has 1 unspecified atom stereocenters. The first-order valence-corrected chi connectivity index (χ1v) is 9.61. The van der Waals surface area contributed by atoms with E-state index in [1.807, 2.05) is 43.3 Å². The molecule has 1 saturated heterocycles. The summed E-state index contributed by atoms with van der Waals surface area (Å²) >= 11 is 0. The van der Waals surface area contributed by atoms with Crippen LogP contribution < -0.4 is 4.90 Å². The summed E-state index contributed by atoms with van der Waals surface area (Å²) in [5.74, 6) is -0.659. The number of hydrogen-bond acceptors (Lipinski definition) is 2. The van der Waals surface area contributed by atoms with Gasteiger partial charge >= 0.3 is 0 Å². The van der Waals surface area contributed by atoms with Crippen molar-refractivity contribution in [3.63, 3.8) is 0 Å². The Labute approximate surface area is 159 Å². The van der Waals surface area contributed by atoms with Gasteiger partial charge in [0.05, 0.1) is 11.6 Å². The van der Waals surface area contributed by atoms with Crippen LogP contribution in [0.25, 0.3) is 10.9 Å². The molecule has 0 spiro atoms. The molecule has 2 amide bonds. The van der Waals surface area contributed by atoms with Gasteiger partial charge in [-0.25, -0.2) is 0 Å². The van der Waals surface area contributed by atoms with E-state index in [1.54, 1.807) is 0 Å². The largest absolute Gasteiger partial charge is 0.347 e. The third-order valence-electron chi connectivity index (χ3n) is 5.39. The number of aryl methyl sites for hydroxylation is 2. The van der Waals surface area contributed by atoms with Crippen LogP contribution in [0.5, 0.6) is 0 Å². The number of nitrogens with zero attached hydrogens (tertiary/aromatic N) is 2. The summed E-state index contributed by atoms with van der Waals surface area (Å²) in [6.07, 6.45) is 4.51. The van der Waals surface area contributed by atoms with Crippen molar-refractivity contribution in [3.05, 3.63) is 65.9 Å². The predicted molar refractivity (Wildman–Crippen MR) is 108 cm³/mol. The molecule has 4 nitrogen and oxygen atoms in total. The predicted octanol–water partition coefficient (Wildman–Crippen LogP) is 4.80. The van der Waals surface area contributed by atoms with Crippen molar-refractivity contribution in [2.24, 2.45) is 0 Å². The maximum Gasteiger partial charge on any atom is 0.241 e. The zero-order chi connectivity index (χ0) is 19.0. The highest BCUT2D eigenvalue weighted by atomic mass is 16.2. The third kappa shape index (κ3) is 3.05. The highest BCUT2D eigenvalue weighted by molar-refractivity contribution is 6.23. The molecule has 1 fully saturated rings. The summed E-state index contributed by atoms with van der Waals surface area (Å²) in [6, 6.07) is 15.7. The highest BCUT2D eigenvalue weighted by Crippen LogP contribution is 2.37. The van der Waals surface area contributed by atoms with Gasteiger partial charge in [-0.15, -0.1) is 0 Å². The molecule has 0 bridgehead atoms. The molecule has 0 N–H and O–H groups in total. The van der Waals surface area contributed by atoms with E-state index in [-0.39, 0.29) is 18.2 Å². The van der Waals surface area contributed by atoms with Gasteiger partial charge in [0.15, 0.2) is 0 Å². The molecule has 0 saturated carbocycles. The van der Waals surface area contributed by atoms with E-state index in [1.165, 1.54) is 4.90 Å². The zero-order valence-corrected chi connectivity index (χ0v) is 15.8. The fourth-order valence-electron chi connectivity index (χ4n) is 3.91. The Kier molecular flexibility index (Phi) is 4.56. The summed E-state index contributed by atoms with van der Waals surface area (Å²) in [4.78, 5) is 27.2. The second-order valence-electron chi connectivity index (χ2n) is 7.31. The molecule has 1 aliphatic heterocycles. The molecule has 4 rings (SSSR count). The standard InChI is InChI=1S/C23H24N2O2/c1-3-4-13-24-15-20(18-7-5-6-8-21(18)24)19-14-22(26)25(23(19)27)17-11-9-16(2)10-12-17/h5-12,15,19H,3-4,13-14H2,1-2H3. The summed E-state index contributed by atoms with van der Waals surface area (Å²) in [5, 5.41) is 1.07. The number of anilines is 1. The van der Waals surface area contributed by atoms with E-state index >= 15 is 0 Å². The molecule has 3 aromatic rings. The number of amides is 2. The molecular formula is C23H24N2O2. The lowest BCUT2D eigenvalue weighted by Gasteiger charge is -2.15. The molecule has 0 radical (unpaired) electrons. The molecule has 27 heavy (non-hydrogen) atoms. The number of para-hydroxylation sites is 1. The van der Waals surface area contributed by atoms with E-state index < -0.39 is 5.92 Å². The van der Waals surface area contributed by atoms with Crippen LogP contribution in [-0.2, 0) is 16.1 Å². The van der Waals surface area contributed by atoms with Crippen molar-refractivity contribution in [3.8, 4) is 0 Å². The quantitative estimate of drug-likeness (QED) is 0.614. The Morgan fingerprint density at radius 1 is 1.04 bits per heavy atom. The van der Waals surface area contributed by atoms with Gasteiger partial charge in [0.1, 0.15) is 0 Å². The molecule has 1 aliphatic rings. The fourth-order valence-corrected chi connectivity index (χ4v) is 3.91. The molecule has 138 valence electrons. The van der Waals surface area contributed by atoms with Crippen molar-refractivity contribution >= 4 is 28.4 Å². The first kappa shape index (κ1) is 17.5. The molecule has 4 heteroatoms. The lowest BCUT2D eigenvalue weighted by molar-refractivity contribution is -0.121. The van der Waals surface area contributed by atoms with Gasteiger partial charge in [0.2, 0.25) is 11.8 Å². The van der Waals surface area contributed by atoms with Crippen molar-refractivity contribution in [2.45, 2.75) is 45.6 Å². The lowest BCUT2D eigenvalue weighted by atomic mass is 9.97. The SMILES string of the molecule is CCCCn1cc(C2CC(=O)N(c3ccc(C)cc3)C2=O)c2ccccc21. The minimum Gasteiger partial charge on any atom is -0.347 e. The average Bonchev–Trinajstić information content (AvgIpc) is 3.18. The highest BCUT2D eigenvalue weighted by Gasteiger charge is 2.41. The van der Waals surface area contributed by atoms with Gasteiger partial charge in [-0.05, 0) is 37.1 Å². The van der Waals surface area contributed by atoms with Gasteiger partial charge in [0.25, 0.3) is 0 Å². The summed E-state index contributed by atoms with van der Waals surface area (Å²) in [6.45, 7) is 5.09. The molecular weight excluding hydrogens is 336 g/mol. The summed E-state index contributed by atoms with van der Waals surface area (Å²) < 4.78 is 2.22. The number of carbonyl (C=O) groups is 2. The van der Waals surface area contributed by atoms with Gasteiger partial charge in [-0.1, -0.05) is 49.2 Å². The Morgan fingerprint density at radius 2 is 1.78 bits per heavy atom. The van der Waals surface area contributed by atoms with Crippen LogP contribution in [0.1, 0.15) is 43.2 Å². The number of benzene rings is 2. The van der Waals surface area contributed by atoms with E-state index in [2.05, 4.69) is 29.8 Å². The van der Waals surface area contributed by atoms with Crippen LogP contribution in [0, 0.1) is 6.92 Å². The van der Waals surface area contributed by atoms with Crippen LogP contribution >= 0.6 is 0 Å². The molecule has 1 aromatic heterocycles. The number of imide groups is 1. The van der Waals surface area contributed by atoms with E-state index in [0.717, 1.165) is 41.4 Å². The van der Waals surface area contributed by atoms with Crippen LogP contribution in [0.15, 0.2) is 54.7 Å². The van der Waals surface area contributed by atoms with Crippen LogP contribution in [-0.4, -0.2) is 16.4 Å². The number of aromatic nitrogens is 1. The van der Waals surface area contributed by atoms with Crippen LogP contribution in [0.3, 0.4) is 0 Å². The number of hydrogen-bond donors (Lipinski definition) is 0. The first-order valence-electron chi connectivity index (χ1n) is 9.61. The molecule has 2 heterocycles. The second-order valence-corrected chi connectivity index (χ2v) is 7.31. The Balaban J connectivity index is 1.73. The van der Waals surface area contributed by atoms with E-state index in [9.17, 15) is 9.59 Å². The van der Waals surface area contributed by atoms with Gasteiger partial charge < -0.3 is 4.57 Å². The normalized spacial score (nSPS) is 17.3. The van der Waals surface area contributed by atoms with Crippen molar-refractivity contribution < 1.29 is 9.59 Å². The van der Waals surface area contributed by atoms with Crippen molar-refractivity contribution in [1.82, 2.24) is 4.57 Å². The minimum absolute atomic E-state index is 0.123. The topological polar surface area (TPSA) is 42.3 Å². The fraction of sp³-hybridized carbons (Fsp3) is 0.304. The second kappa shape index (κ2) is 7.03. The maximum absolute atomic E-state index is 13.2. The Hall–Kier alpha value is -2.88. The Bertz CT molecular complexity index is 1000. The maximum atomic E-state index is 13.2. The summed E-state index contributed by atoms with van der Waals surface area (Å²) in [5.41, 5.74) is 3.87. The van der Waals surface area contributed by atoms with Crippen molar-refractivity contribution in [2.75, 3.05) is 4.90 Å². The number of carbonyl (C=O) groups excluding carboxylic acids is 2. The zero-order valence-electron chi connectivity index (χ0n) is 15.8. The smallest absolute Gasteiger partial charge is 0.241 e. The first-order chi connectivity index (χ1) is 13.1. The molecule has 2 aromatic carbocycles. The van der Waals surface area contributed by atoms with Gasteiger partial charge in [0, 0.05) is 30.1 Å². The van der Waals surface area contributed by atoms with Gasteiger partial charge in [-0.2, -0.15) is 0 Å². The number of unbranched alkanes of at least 4 members (excludes halogenated alkanes) is 1. The minimum atomic E-state index is -0.411. The van der Waals surface area contributed by atoms with E-state index in [4.69, 9.17) is 0 Å². The Morgan fingerprint density at radius 3 is 2.52 bits per heavy atom. The van der Waals surface area contributed by atoms with E-state index in [0.29, 0.717) is 5.69 Å². The summed E-state index contributed by atoms with van der Waals surface area (Å²) in [7, 11) is 0. The lowest BCUT2D eigenvalue weighted by Crippen LogP contribution is -2.29. The molecule has 1 atom stereocenters. The molecule has 0 aliphatic carbocycles. The van der Waals surface area contributed by atoms with Crippen LogP contribution in [0.4, 0.5) is 5.69 Å². The number of fused-ring (bicyclic) bond motifs is 1. The van der Waals surface area contributed by atoms with Gasteiger partial charge in [-0.3, -0.25) is 14.5 Å². The van der Waals surface area contributed by atoms with Crippen LogP contribution in [0.2, 0.25) is 0 Å².